The molecular formula is C16H25FN2O. The first-order valence-electron chi connectivity index (χ1n) is 7.38. The molecule has 0 aliphatic carbocycles. The maximum atomic E-state index is 13.0. The normalized spacial score (nSPS) is 23.5. The molecule has 2 N–H and O–H groups in total. The van der Waals surface area contributed by atoms with Gasteiger partial charge in [0.25, 0.3) is 0 Å². The Morgan fingerprint density at radius 1 is 1.40 bits per heavy atom. The van der Waals surface area contributed by atoms with E-state index in [0.717, 1.165) is 38.2 Å². The fourth-order valence-electron chi connectivity index (χ4n) is 3.04. The lowest BCUT2D eigenvalue weighted by Gasteiger charge is -2.47. The summed E-state index contributed by atoms with van der Waals surface area (Å²) in [5.41, 5.74) is 7.09. The maximum absolute atomic E-state index is 13.0. The van der Waals surface area contributed by atoms with Gasteiger partial charge >= 0.3 is 0 Å². The van der Waals surface area contributed by atoms with Crippen LogP contribution >= 0.6 is 0 Å². The summed E-state index contributed by atoms with van der Waals surface area (Å²) in [4.78, 5) is 2.47. The second-order valence-corrected chi connectivity index (χ2v) is 5.83. The Hall–Kier alpha value is -0.970. The summed E-state index contributed by atoms with van der Waals surface area (Å²) in [7, 11) is 0. The van der Waals surface area contributed by atoms with Gasteiger partial charge in [0.05, 0.1) is 13.2 Å². The summed E-state index contributed by atoms with van der Waals surface area (Å²) in [5, 5.41) is 0. The summed E-state index contributed by atoms with van der Waals surface area (Å²) in [6.45, 7) is 7.41. The topological polar surface area (TPSA) is 38.5 Å². The molecule has 0 aromatic heterocycles. The van der Waals surface area contributed by atoms with Crippen LogP contribution in [0.1, 0.15) is 25.8 Å². The zero-order chi connectivity index (χ0) is 14.6. The molecule has 2 atom stereocenters. The number of nitrogens with two attached hydrogens (primary N) is 1. The molecule has 2 unspecified atom stereocenters. The highest BCUT2D eigenvalue weighted by Crippen LogP contribution is 2.26. The van der Waals surface area contributed by atoms with Gasteiger partial charge in [0.2, 0.25) is 0 Å². The molecule has 0 amide bonds. The van der Waals surface area contributed by atoms with Crippen molar-refractivity contribution in [2.24, 2.45) is 5.73 Å². The number of ether oxygens (including phenoxy) is 1. The molecular weight excluding hydrogens is 255 g/mol. The van der Waals surface area contributed by atoms with Crippen molar-refractivity contribution in [2.75, 3.05) is 26.3 Å². The standard InChI is InChI=1S/C16H25FN2O/c1-3-15-11-20-9-8-19(15)16(2,12-18)10-13-4-6-14(17)7-5-13/h4-7,15H,3,8-12,18H2,1-2H3. The van der Waals surface area contributed by atoms with Crippen molar-refractivity contribution in [3.05, 3.63) is 35.6 Å². The van der Waals surface area contributed by atoms with Gasteiger partial charge in [0, 0.05) is 24.7 Å². The molecule has 0 radical (unpaired) electrons. The molecule has 112 valence electrons. The Morgan fingerprint density at radius 3 is 2.70 bits per heavy atom. The molecule has 1 saturated heterocycles. The lowest BCUT2D eigenvalue weighted by molar-refractivity contribution is -0.0582. The van der Waals surface area contributed by atoms with Crippen molar-refractivity contribution < 1.29 is 9.13 Å². The lowest BCUT2D eigenvalue weighted by atomic mass is 9.88. The van der Waals surface area contributed by atoms with Crippen LogP contribution in [0.4, 0.5) is 4.39 Å². The number of benzene rings is 1. The first kappa shape index (κ1) is 15.4. The van der Waals surface area contributed by atoms with Gasteiger partial charge in [-0.15, -0.1) is 0 Å². The molecule has 1 fully saturated rings. The number of hydrogen-bond acceptors (Lipinski definition) is 3. The lowest BCUT2D eigenvalue weighted by Crippen LogP contribution is -2.61. The molecule has 0 spiro atoms. The summed E-state index contributed by atoms with van der Waals surface area (Å²) < 4.78 is 18.6. The molecule has 3 nitrogen and oxygen atoms in total. The SMILES string of the molecule is CCC1COCCN1C(C)(CN)Cc1ccc(F)cc1. The number of rotatable bonds is 5. The van der Waals surface area contributed by atoms with Gasteiger partial charge < -0.3 is 10.5 Å². The Kier molecular flexibility index (Phi) is 5.13. The molecule has 1 aromatic carbocycles. The Morgan fingerprint density at radius 2 is 2.10 bits per heavy atom. The third-order valence-corrected chi connectivity index (χ3v) is 4.33. The summed E-state index contributed by atoms with van der Waals surface area (Å²) in [5.74, 6) is -0.194. The molecule has 1 aliphatic rings. The average molecular weight is 280 g/mol. The minimum absolute atomic E-state index is 0.109. The van der Waals surface area contributed by atoms with Crippen molar-refractivity contribution in [3.8, 4) is 0 Å². The molecule has 2 rings (SSSR count). The van der Waals surface area contributed by atoms with E-state index in [4.69, 9.17) is 10.5 Å². The zero-order valence-electron chi connectivity index (χ0n) is 12.4. The van der Waals surface area contributed by atoms with E-state index in [1.165, 1.54) is 12.1 Å². The molecule has 4 heteroatoms. The fraction of sp³-hybridized carbons (Fsp3) is 0.625. The molecule has 0 bridgehead atoms. The minimum Gasteiger partial charge on any atom is -0.378 e. The van der Waals surface area contributed by atoms with Crippen molar-refractivity contribution >= 4 is 0 Å². The van der Waals surface area contributed by atoms with E-state index in [1.807, 2.05) is 12.1 Å². The van der Waals surface area contributed by atoms with E-state index in [0.29, 0.717) is 12.6 Å². The van der Waals surface area contributed by atoms with E-state index < -0.39 is 0 Å². The predicted octanol–water partition coefficient (Wildman–Crippen LogP) is 2.20. The van der Waals surface area contributed by atoms with E-state index >= 15 is 0 Å². The largest absolute Gasteiger partial charge is 0.378 e. The van der Waals surface area contributed by atoms with Crippen LogP contribution in [0.5, 0.6) is 0 Å². The van der Waals surface area contributed by atoms with Gasteiger partial charge in [-0.3, -0.25) is 4.90 Å². The van der Waals surface area contributed by atoms with Crippen molar-refractivity contribution in [3.63, 3.8) is 0 Å². The third-order valence-electron chi connectivity index (χ3n) is 4.33. The molecule has 1 heterocycles. The molecule has 1 aromatic rings. The van der Waals surface area contributed by atoms with E-state index in [9.17, 15) is 4.39 Å². The molecule has 1 aliphatic heterocycles. The van der Waals surface area contributed by atoms with Crippen LogP contribution in [0.15, 0.2) is 24.3 Å². The summed E-state index contributed by atoms with van der Waals surface area (Å²) in [6.07, 6.45) is 1.89. The van der Waals surface area contributed by atoms with Gasteiger partial charge in [-0.1, -0.05) is 19.1 Å². The van der Waals surface area contributed by atoms with Gasteiger partial charge in [-0.2, -0.15) is 0 Å². The van der Waals surface area contributed by atoms with Crippen LogP contribution in [-0.4, -0.2) is 42.8 Å². The van der Waals surface area contributed by atoms with E-state index in [-0.39, 0.29) is 11.4 Å². The third kappa shape index (κ3) is 3.37. The second-order valence-electron chi connectivity index (χ2n) is 5.83. The van der Waals surface area contributed by atoms with Gasteiger partial charge in [-0.05, 0) is 37.5 Å². The highest BCUT2D eigenvalue weighted by atomic mass is 19.1. The van der Waals surface area contributed by atoms with E-state index in [2.05, 4.69) is 18.7 Å². The number of hydrogen-bond donors (Lipinski definition) is 1. The second kappa shape index (κ2) is 6.66. The Balaban J connectivity index is 2.16. The quantitative estimate of drug-likeness (QED) is 0.898. The van der Waals surface area contributed by atoms with Crippen LogP contribution in [0.2, 0.25) is 0 Å². The fourth-order valence-corrected chi connectivity index (χ4v) is 3.04. The Bertz CT molecular complexity index is 423. The smallest absolute Gasteiger partial charge is 0.123 e. The van der Waals surface area contributed by atoms with Gasteiger partial charge in [-0.25, -0.2) is 4.39 Å². The minimum atomic E-state index is -0.194. The maximum Gasteiger partial charge on any atom is 0.123 e. The number of morpholine rings is 1. The summed E-state index contributed by atoms with van der Waals surface area (Å²) in [6, 6.07) is 7.15. The van der Waals surface area contributed by atoms with Crippen LogP contribution in [0, 0.1) is 5.82 Å². The predicted molar refractivity (Wildman–Crippen MR) is 79.2 cm³/mol. The zero-order valence-corrected chi connectivity index (χ0v) is 12.4. The van der Waals surface area contributed by atoms with Crippen molar-refractivity contribution in [2.45, 2.75) is 38.3 Å². The van der Waals surface area contributed by atoms with Crippen LogP contribution < -0.4 is 5.73 Å². The van der Waals surface area contributed by atoms with Crippen molar-refractivity contribution in [1.29, 1.82) is 0 Å². The first-order chi connectivity index (χ1) is 9.59. The van der Waals surface area contributed by atoms with Crippen LogP contribution in [0.3, 0.4) is 0 Å². The average Bonchev–Trinajstić information content (AvgIpc) is 2.49. The highest BCUT2D eigenvalue weighted by molar-refractivity contribution is 5.19. The van der Waals surface area contributed by atoms with Crippen molar-refractivity contribution in [1.82, 2.24) is 4.90 Å². The summed E-state index contributed by atoms with van der Waals surface area (Å²) >= 11 is 0. The first-order valence-corrected chi connectivity index (χ1v) is 7.38. The van der Waals surface area contributed by atoms with E-state index in [1.54, 1.807) is 0 Å². The number of nitrogens with zero attached hydrogens (tertiary/aromatic N) is 1. The monoisotopic (exact) mass is 280 g/mol. The molecule has 0 saturated carbocycles. The Labute approximate surface area is 120 Å². The van der Waals surface area contributed by atoms with Gasteiger partial charge in [0.1, 0.15) is 5.82 Å². The number of halogens is 1. The molecule has 20 heavy (non-hydrogen) atoms. The van der Waals surface area contributed by atoms with Gasteiger partial charge in [0.15, 0.2) is 0 Å². The van der Waals surface area contributed by atoms with Crippen LogP contribution in [0.25, 0.3) is 0 Å². The highest BCUT2D eigenvalue weighted by Gasteiger charge is 2.36. The van der Waals surface area contributed by atoms with Crippen LogP contribution in [-0.2, 0) is 11.2 Å².